The SMILES string of the molecule is CC(C)C(=O)NC1CC[NH+](Cc2ccccc2)CC1. The lowest BCUT2D eigenvalue weighted by Crippen LogP contribution is -3.12. The van der Waals surface area contributed by atoms with Crippen molar-refractivity contribution in [2.75, 3.05) is 13.1 Å². The van der Waals surface area contributed by atoms with E-state index >= 15 is 0 Å². The van der Waals surface area contributed by atoms with E-state index < -0.39 is 0 Å². The minimum Gasteiger partial charge on any atom is -0.353 e. The van der Waals surface area contributed by atoms with E-state index in [0.717, 1.165) is 32.5 Å². The summed E-state index contributed by atoms with van der Waals surface area (Å²) in [4.78, 5) is 13.3. The number of piperidine rings is 1. The largest absolute Gasteiger partial charge is 0.353 e. The minimum atomic E-state index is 0.0923. The number of carbonyl (C=O) groups excluding carboxylic acids is 1. The van der Waals surface area contributed by atoms with Crippen LogP contribution in [-0.2, 0) is 11.3 Å². The van der Waals surface area contributed by atoms with Gasteiger partial charge in [-0.15, -0.1) is 0 Å². The van der Waals surface area contributed by atoms with Crippen molar-refractivity contribution in [2.24, 2.45) is 5.92 Å². The second kappa shape index (κ2) is 6.71. The first kappa shape index (κ1) is 14.1. The smallest absolute Gasteiger partial charge is 0.222 e. The molecule has 1 fully saturated rings. The average Bonchev–Trinajstić information content (AvgIpc) is 2.42. The molecule has 104 valence electrons. The van der Waals surface area contributed by atoms with Gasteiger partial charge in [0.2, 0.25) is 5.91 Å². The number of benzene rings is 1. The van der Waals surface area contributed by atoms with Gasteiger partial charge in [0.15, 0.2) is 0 Å². The van der Waals surface area contributed by atoms with Crippen molar-refractivity contribution >= 4 is 5.91 Å². The summed E-state index contributed by atoms with van der Waals surface area (Å²) in [5.74, 6) is 0.284. The molecule has 1 aliphatic rings. The predicted octanol–water partition coefficient (Wildman–Crippen LogP) is 1.01. The van der Waals surface area contributed by atoms with E-state index in [1.54, 1.807) is 4.90 Å². The molecule has 0 unspecified atom stereocenters. The van der Waals surface area contributed by atoms with E-state index in [4.69, 9.17) is 0 Å². The molecule has 0 spiro atoms. The Balaban J connectivity index is 1.75. The zero-order chi connectivity index (χ0) is 13.7. The number of amides is 1. The van der Waals surface area contributed by atoms with E-state index in [1.807, 2.05) is 13.8 Å². The van der Waals surface area contributed by atoms with E-state index in [-0.39, 0.29) is 11.8 Å². The molecule has 0 aliphatic carbocycles. The molecule has 19 heavy (non-hydrogen) atoms. The van der Waals surface area contributed by atoms with E-state index in [0.29, 0.717) is 6.04 Å². The molecule has 3 heteroatoms. The van der Waals surface area contributed by atoms with Crippen LogP contribution in [0.15, 0.2) is 30.3 Å². The average molecular weight is 261 g/mol. The highest BCUT2D eigenvalue weighted by Gasteiger charge is 2.23. The Bertz CT molecular complexity index is 394. The highest BCUT2D eigenvalue weighted by Crippen LogP contribution is 2.03. The van der Waals surface area contributed by atoms with Crippen molar-refractivity contribution in [3.63, 3.8) is 0 Å². The summed E-state index contributed by atoms with van der Waals surface area (Å²) in [5, 5.41) is 3.15. The molecule has 0 aromatic heterocycles. The van der Waals surface area contributed by atoms with Crippen molar-refractivity contribution in [1.29, 1.82) is 0 Å². The van der Waals surface area contributed by atoms with Crippen molar-refractivity contribution in [3.05, 3.63) is 35.9 Å². The quantitative estimate of drug-likeness (QED) is 0.833. The topological polar surface area (TPSA) is 33.5 Å². The molecule has 1 amide bonds. The Morgan fingerprint density at radius 3 is 2.47 bits per heavy atom. The molecule has 2 rings (SSSR count). The number of quaternary nitrogens is 1. The Kier molecular flexibility index (Phi) is 4.97. The maximum absolute atomic E-state index is 11.7. The van der Waals surface area contributed by atoms with Crippen molar-refractivity contribution in [3.8, 4) is 0 Å². The molecule has 0 saturated carbocycles. The second-order valence-electron chi connectivity index (χ2n) is 5.85. The summed E-state index contributed by atoms with van der Waals surface area (Å²) in [7, 11) is 0. The maximum Gasteiger partial charge on any atom is 0.222 e. The molecule has 3 nitrogen and oxygen atoms in total. The molecule has 1 aliphatic heterocycles. The van der Waals surface area contributed by atoms with Gasteiger partial charge in [-0.3, -0.25) is 4.79 Å². The van der Waals surface area contributed by atoms with Gasteiger partial charge in [0.1, 0.15) is 6.54 Å². The standard InChI is InChI=1S/C16H24N2O/c1-13(2)16(19)17-15-8-10-18(11-9-15)12-14-6-4-3-5-7-14/h3-7,13,15H,8-12H2,1-2H3,(H,17,19)/p+1. The van der Waals surface area contributed by atoms with Gasteiger partial charge in [0.05, 0.1) is 13.1 Å². The van der Waals surface area contributed by atoms with E-state index in [9.17, 15) is 4.79 Å². The Hall–Kier alpha value is -1.35. The van der Waals surface area contributed by atoms with Gasteiger partial charge < -0.3 is 10.2 Å². The normalized spacial score (nSPS) is 23.3. The molecule has 1 heterocycles. The number of nitrogens with one attached hydrogen (secondary N) is 2. The van der Waals surface area contributed by atoms with Crippen LogP contribution >= 0.6 is 0 Å². The molecule has 2 N–H and O–H groups in total. The summed E-state index contributed by atoms with van der Waals surface area (Å²) in [6.07, 6.45) is 2.20. The minimum absolute atomic E-state index is 0.0923. The van der Waals surface area contributed by atoms with Crippen LogP contribution in [-0.4, -0.2) is 25.0 Å². The second-order valence-corrected chi connectivity index (χ2v) is 5.85. The Labute approximate surface area is 116 Å². The van der Waals surface area contributed by atoms with Gasteiger partial charge in [-0.05, 0) is 0 Å². The molecule has 1 saturated heterocycles. The van der Waals surface area contributed by atoms with Crippen molar-refractivity contribution in [2.45, 2.75) is 39.3 Å². The van der Waals surface area contributed by atoms with Crippen LogP contribution in [0.4, 0.5) is 0 Å². The fraction of sp³-hybridized carbons (Fsp3) is 0.562. The molecule has 0 bridgehead atoms. The summed E-state index contributed by atoms with van der Waals surface area (Å²) in [6.45, 7) is 7.30. The van der Waals surface area contributed by atoms with Crippen LogP contribution in [0.1, 0.15) is 32.3 Å². The summed E-state index contributed by atoms with van der Waals surface area (Å²) >= 11 is 0. The van der Waals surface area contributed by atoms with Crippen LogP contribution in [0.5, 0.6) is 0 Å². The first-order valence-corrected chi connectivity index (χ1v) is 7.33. The maximum atomic E-state index is 11.7. The lowest BCUT2D eigenvalue weighted by Gasteiger charge is -2.30. The van der Waals surface area contributed by atoms with Crippen LogP contribution in [0, 0.1) is 5.92 Å². The third-order valence-electron chi connectivity index (χ3n) is 3.86. The summed E-state index contributed by atoms with van der Waals surface area (Å²) < 4.78 is 0. The van der Waals surface area contributed by atoms with Gasteiger partial charge in [0, 0.05) is 30.4 Å². The third kappa shape index (κ3) is 4.35. The molecular formula is C16H25N2O+. The Morgan fingerprint density at radius 1 is 1.26 bits per heavy atom. The van der Waals surface area contributed by atoms with Crippen LogP contribution in [0.25, 0.3) is 0 Å². The van der Waals surface area contributed by atoms with Crippen LogP contribution in [0.2, 0.25) is 0 Å². The lowest BCUT2D eigenvalue weighted by atomic mass is 10.0. The molecule has 0 atom stereocenters. The number of likely N-dealkylation sites (tertiary alicyclic amines) is 1. The zero-order valence-electron chi connectivity index (χ0n) is 12.0. The fourth-order valence-corrected chi connectivity index (χ4v) is 2.60. The third-order valence-corrected chi connectivity index (χ3v) is 3.86. The Morgan fingerprint density at radius 2 is 1.89 bits per heavy atom. The van der Waals surface area contributed by atoms with Crippen molar-refractivity contribution < 1.29 is 9.69 Å². The number of rotatable bonds is 4. The summed E-state index contributed by atoms with van der Waals surface area (Å²) in [5.41, 5.74) is 1.40. The van der Waals surface area contributed by atoms with Crippen LogP contribution in [0.3, 0.4) is 0 Å². The molecule has 0 radical (unpaired) electrons. The van der Waals surface area contributed by atoms with Gasteiger partial charge >= 0.3 is 0 Å². The number of hydrogen-bond acceptors (Lipinski definition) is 1. The van der Waals surface area contributed by atoms with Crippen LogP contribution < -0.4 is 10.2 Å². The highest BCUT2D eigenvalue weighted by molar-refractivity contribution is 5.78. The predicted molar refractivity (Wildman–Crippen MR) is 76.8 cm³/mol. The van der Waals surface area contributed by atoms with Gasteiger partial charge in [0.25, 0.3) is 0 Å². The first-order valence-electron chi connectivity index (χ1n) is 7.33. The molecule has 1 aromatic carbocycles. The lowest BCUT2D eigenvalue weighted by molar-refractivity contribution is -0.918. The van der Waals surface area contributed by atoms with Gasteiger partial charge in [-0.2, -0.15) is 0 Å². The van der Waals surface area contributed by atoms with E-state index in [1.165, 1.54) is 5.56 Å². The zero-order valence-corrected chi connectivity index (χ0v) is 12.0. The van der Waals surface area contributed by atoms with E-state index in [2.05, 4.69) is 35.6 Å². The van der Waals surface area contributed by atoms with Gasteiger partial charge in [-0.25, -0.2) is 0 Å². The first-order chi connectivity index (χ1) is 9.15. The number of hydrogen-bond donors (Lipinski definition) is 2. The fourth-order valence-electron chi connectivity index (χ4n) is 2.60. The highest BCUT2D eigenvalue weighted by atomic mass is 16.1. The van der Waals surface area contributed by atoms with Gasteiger partial charge in [-0.1, -0.05) is 44.2 Å². The number of carbonyl (C=O) groups is 1. The molecular weight excluding hydrogens is 236 g/mol. The summed E-state index contributed by atoms with van der Waals surface area (Å²) in [6, 6.07) is 11.0. The molecule has 1 aromatic rings. The van der Waals surface area contributed by atoms with Crippen molar-refractivity contribution in [1.82, 2.24) is 5.32 Å². The monoisotopic (exact) mass is 261 g/mol.